The van der Waals surface area contributed by atoms with E-state index < -0.39 is 0 Å². The molecule has 1 nitrogen and oxygen atoms in total. The van der Waals surface area contributed by atoms with Gasteiger partial charge in [0.1, 0.15) is 5.75 Å². The number of rotatable bonds is 2. The Morgan fingerprint density at radius 3 is 1.82 bits per heavy atom. The number of phenols is 1. The quantitative estimate of drug-likeness (QED) is 0.731. The topological polar surface area (TPSA) is 20.2 Å². The summed E-state index contributed by atoms with van der Waals surface area (Å²) in [5.74, 6) is 0.469. The molecule has 2 rings (SSSR count). The second-order valence-electron chi connectivity index (χ2n) is 8.63. The third kappa shape index (κ3) is 3.45. The highest BCUT2D eigenvalue weighted by Gasteiger charge is 2.26. The fourth-order valence-electron chi connectivity index (χ4n) is 3.02. The van der Waals surface area contributed by atoms with Crippen molar-refractivity contribution in [1.82, 2.24) is 0 Å². The lowest BCUT2D eigenvalue weighted by molar-refractivity contribution is 0.423. The van der Waals surface area contributed by atoms with Crippen molar-refractivity contribution in [1.29, 1.82) is 0 Å². The molecule has 1 aliphatic rings. The van der Waals surface area contributed by atoms with Gasteiger partial charge in [0.15, 0.2) is 0 Å². The largest absolute Gasteiger partial charge is 0.507 e. The summed E-state index contributed by atoms with van der Waals surface area (Å²) in [4.78, 5) is 0. The molecule has 0 amide bonds. The molecule has 1 aliphatic carbocycles. The van der Waals surface area contributed by atoms with Gasteiger partial charge in [0, 0.05) is 0 Å². The lowest BCUT2D eigenvalue weighted by Gasteiger charge is -2.28. The Morgan fingerprint density at radius 2 is 1.45 bits per heavy atom. The average Bonchev–Trinajstić information content (AvgIpc) is 2.74. The summed E-state index contributed by atoms with van der Waals surface area (Å²) in [6.45, 7) is 15.2. The van der Waals surface area contributed by atoms with Crippen LogP contribution in [0, 0.1) is 0 Å². The van der Waals surface area contributed by atoms with Gasteiger partial charge in [-0.3, -0.25) is 0 Å². The molecular weight excluding hydrogens is 268 g/mol. The minimum absolute atomic E-state index is 0.0605. The Morgan fingerprint density at radius 1 is 0.955 bits per heavy atom. The summed E-state index contributed by atoms with van der Waals surface area (Å²) in [6, 6.07) is 4.38. The Balaban J connectivity index is 2.56. The Bertz CT molecular complexity index is 596. The summed E-state index contributed by atoms with van der Waals surface area (Å²) in [5, 5.41) is 10.8. The van der Waals surface area contributed by atoms with Crippen LogP contribution in [-0.2, 0) is 17.3 Å². The number of benzene rings is 1. The van der Waals surface area contributed by atoms with E-state index in [0.717, 1.165) is 24.0 Å². The van der Waals surface area contributed by atoms with Crippen LogP contribution in [-0.4, -0.2) is 5.11 Å². The monoisotopic (exact) mass is 298 g/mol. The van der Waals surface area contributed by atoms with Crippen LogP contribution in [0.25, 0.3) is 0 Å². The average molecular weight is 298 g/mol. The Kier molecular flexibility index (Phi) is 4.30. The van der Waals surface area contributed by atoms with Crippen LogP contribution < -0.4 is 0 Å². The molecule has 1 N–H and O–H groups in total. The summed E-state index contributed by atoms with van der Waals surface area (Å²) < 4.78 is 0. The van der Waals surface area contributed by atoms with E-state index in [1.54, 1.807) is 0 Å². The van der Waals surface area contributed by atoms with Gasteiger partial charge in [-0.05, 0) is 52.9 Å². The van der Waals surface area contributed by atoms with Crippen LogP contribution in [0.4, 0.5) is 0 Å². The van der Waals surface area contributed by atoms with Gasteiger partial charge in [-0.1, -0.05) is 71.4 Å². The Labute approximate surface area is 135 Å². The molecule has 0 heterocycles. The number of phenolic OH excluding ortho intramolecular Hbond substituents is 1. The minimum Gasteiger partial charge on any atom is -0.507 e. The Hall–Kier alpha value is -1.50. The van der Waals surface area contributed by atoms with Crippen molar-refractivity contribution in [2.24, 2.45) is 0 Å². The van der Waals surface area contributed by atoms with Crippen LogP contribution in [0.1, 0.15) is 71.6 Å². The second kappa shape index (κ2) is 5.61. The van der Waals surface area contributed by atoms with Crippen molar-refractivity contribution >= 4 is 0 Å². The lowest BCUT2D eigenvalue weighted by atomic mass is 9.78. The van der Waals surface area contributed by atoms with Gasteiger partial charge in [-0.15, -0.1) is 0 Å². The third-order valence-corrected chi connectivity index (χ3v) is 4.47. The molecule has 1 heteroatoms. The van der Waals surface area contributed by atoms with E-state index in [1.807, 2.05) is 0 Å². The maximum atomic E-state index is 10.8. The molecule has 0 unspecified atom stereocenters. The maximum Gasteiger partial charge on any atom is 0.123 e. The molecule has 0 saturated heterocycles. The van der Waals surface area contributed by atoms with Crippen molar-refractivity contribution in [3.63, 3.8) is 0 Å². The predicted octanol–water partition coefficient (Wildman–Crippen LogP) is 5.81. The fraction of sp³-hybridized carbons (Fsp3) is 0.524. The molecule has 1 aromatic carbocycles. The van der Waals surface area contributed by atoms with Crippen LogP contribution in [0.2, 0.25) is 0 Å². The van der Waals surface area contributed by atoms with Crippen molar-refractivity contribution in [2.45, 2.75) is 72.1 Å². The highest BCUT2D eigenvalue weighted by atomic mass is 16.3. The van der Waals surface area contributed by atoms with Crippen molar-refractivity contribution in [2.75, 3.05) is 0 Å². The van der Waals surface area contributed by atoms with E-state index in [9.17, 15) is 5.11 Å². The molecule has 0 spiro atoms. The highest BCUT2D eigenvalue weighted by molar-refractivity contribution is 5.51. The van der Waals surface area contributed by atoms with Crippen molar-refractivity contribution in [3.8, 4) is 5.75 Å². The first-order valence-electron chi connectivity index (χ1n) is 8.22. The molecule has 0 saturated carbocycles. The van der Waals surface area contributed by atoms with Gasteiger partial charge in [0.05, 0.1) is 0 Å². The second-order valence-corrected chi connectivity index (χ2v) is 8.63. The molecule has 0 aromatic heterocycles. The number of hydrogen-bond acceptors (Lipinski definition) is 1. The number of aromatic hydroxyl groups is 1. The summed E-state index contributed by atoms with van der Waals surface area (Å²) in [7, 11) is 0. The first kappa shape index (κ1) is 16.9. The molecule has 0 atom stereocenters. The van der Waals surface area contributed by atoms with E-state index in [4.69, 9.17) is 0 Å². The van der Waals surface area contributed by atoms with Crippen LogP contribution in [0.3, 0.4) is 0 Å². The van der Waals surface area contributed by atoms with Gasteiger partial charge in [-0.2, -0.15) is 0 Å². The molecule has 0 bridgehead atoms. The first-order valence-corrected chi connectivity index (χ1v) is 8.22. The van der Waals surface area contributed by atoms with E-state index in [0.29, 0.717) is 5.75 Å². The van der Waals surface area contributed by atoms with Crippen molar-refractivity contribution in [3.05, 3.63) is 52.1 Å². The number of allylic oxidation sites excluding steroid dienone is 4. The molecule has 0 fully saturated rings. The standard InChI is InChI=1S/C21H30O/c1-14-9-8-10-16(14)11-15-12-17(20(2,3)4)19(22)18(13-15)21(5,6)7/h8,10,12-13,22H,9,11H2,1-7H3. The van der Waals surface area contributed by atoms with Gasteiger partial charge in [0.25, 0.3) is 0 Å². The molecule has 0 aliphatic heterocycles. The van der Waals surface area contributed by atoms with Crippen LogP contribution >= 0.6 is 0 Å². The third-order valence-electron chi connectivity index (χ3n) is 4.47. The summed E-state index contributed by atoms with van der Waals surface area (Å²) >= 11 is 0. The maximum absolute atomic E-state index is 10.8. The zero-order valence-corrected chi connectivity index (χ0v) is 15.2. The van der Waals surface area contributed by atoms with Gasteiger partial charge in [0.2, 0.25) is 0 Å². The molecular formula is C21H30O. The smallest absolute Gasteiger partial charge is 0.123 e. The molecule has 120 valence electrons. The molecule has 0 radical (unpaired) electrons. The van der Waals surface area contributed by atoms with Crippen molar-refractivity contribution < 1.29 is 5.11 Å². The van der Waals surface area contributed by atoms with E-state index >= 15 is 0 Å². The normalized spacial score (nSPS) is 15.8. The van der Waals surface area contributed by atoms with Gasteiger partial charge < -0.3 is 5.11 Å². The minimum atomic E-state index is -0.0605. The highest BCUT2D eigenvalue weighted by Crippen LogP contribution is 2.40. The lowest BCUT2D eigenvalue weighted by Crippen LogP contribution is -2.18. The zero-order valence-electron chi connectivity index (χ0n) is 15.2. The summed E-state index contributed by atoms with van der Waals surface area (Å²) in [6.07, 6.45) is 6.51. The predicted molar refractivity (Wildman–Crippen MR) is 95.7 cm³/mol. The molecule has 22 heavy (non-hydrogen) atoms. The van der Waals surface area contributed by atoms with E-state index in [1.165, 1.54) is 16.7 Å². The first-order chi connectivity index (χ1) is 10.00. The SMILES string of the molecule is CC1=C(Cc2cc(C(C)(C)C)c(O)c(C(C)(C)C)c2)C=CC1. The zero-order chi connectivity index (χ0) is 16.7. The van der Waals surface area contributed by atoms with Crippen LogP contribution in [0.15, 0.2) is 35.4 Å². The fourth-order valence-corrected chi connectivity index (χ4v) is 3.02. The van der Waals surface area contributed by atoms with Gasteiger partial charge >= 0.3 is 0 Å². The van der Waals surface area contributed by atoms with E-state index in [2.05, 4.69) is 72.8 Å². The molecule has 1 aromatic rings. The van der Waals surface area contributed by atoms with Crippen LogP contribution in [0.5, 0.6) is 5.75 Å². The van der Waals surface area contributed by atoms with Gasteiger partial charge in [-0.25, -0.2) is 0 Å². The summed E-state index contributed by atoms with van der Waals surface area (Å²) in [5.41, 5.74) is 6.16. The van der Waals surface area contributed by atoms with E-state index in [-0.39, 0.29) is 10.8 Å². The number of hydrogen-bond donors (Lipinski definition) is 1.